The van der Waals surface area contributed by atoms with E-state index in [9.17, 15) is 4.79 Å². The Kier molecular flexibility index (Phi) is 3.92. The predicted octanol–water partition coefficient (Wildman–Crippen LogP) is 4.16. The fourth-order valence-electron chi connectivity index (χ4n) is 4.64. The van der Waals surface area contributed by atoms with Crippen LogP contribution in [0.2, 0.25) is 0 Å². The van der Waals surface area contributed by atoms with Crippen LogP contribution < -0.4 is 0 Å². The summed E-state index contributed by atoms with van der Waals surface area (Å²) in [5, 5.41) is 0. The molecule has 2 unspecified atom stereocenters. The zero-order chi connectivity index (χ0) is 14.2. The molecule has 4 rings (SSSR count). The van der Waals surface area contributed by atoms with Crippen molar-refractivity contribution < 1.29 is 4.79 Å². The van der Waals surface area contributed by atoms with E-state index in [1.54, 1.807) is 5.57 Å². The molecule has 2 fully saturated rings. The third-order valence-electron chi connectivity index (χ3n) is 5.51. The van der Waals surface area contributed by atoms with Gasteiger partial charge in [0, 0.05) is 13.1 Å². The fraction of sp³-hybridized carbons (Fsp3) is 0.833. The van der Waals surface area contributed by atoms with Crippen molar-refractivity contribution >= 4 is 5.91 Å². The number of carbonyl (C=O) groups excluding carboxylic acids is 1. The van der Waals surface area contributed by atoms with Crippen molar-refractivity contribution in [3.05, 3.63) is 11.6 Å². The molecule has 2 heteroatoms. The van der Waals surface area contributed by atoms with Crippen molar-refractivity contribution in [2.45, 2.75) is 65.2 Å². The Morgan fingerprint density at radius 3 is 2.50 bits per heavy atom. The Labute approximate surface area is 123 Å². The van der Waals surface area contributed by atoms with Crippen LogP contribution in [0.25, 0.3) is 0 Å². The van der Waals surface area contributed by atoms with Gasteiger partial charge >= 0.3 is 0 Å². The summed E-state index contributed by atoms with van der Waals surface area (Å²) in [7, 11) is 0. The quantitative estimate of drug-likeness (QED) is 0.658. The molecule has 112 valence electrons. The number of hydrogen-bond donors (Lipinski definition) is 0. The molecule has 0 aromatic rings. The first-order chi connectivity index (χ1) is 9.57. The van der Waals surface area contributed by atoms with E-state index in [2.05, 4.69) is 24.8 Å². The highest BCUT2D eigenvalue weighted by atomic mass is 16.2. The van der Waals surface area contributed by atoms with Gasteiger partial charge in [-0.3, -0.25) is 4.79 Å². The highest BCUT2D eigenvalue weighted by Crippen LogP contribution is 2.46. The topological polar surface area (TPSA) is 20.3 Å². The summed E-state index contributed by atoms with van der Waals surface area (Å²) < 4.78 is 0. The number of nitrogens with zero attached hydrogens (tertiary/aromatic N) is 1. The molecule has 1 saturated heterocycles. The van der Waals surface area contributed by atoms with Crippen LogP contribution in [0.1, 0.15) is 65.2 Å². The number of amides is 1. The van der Waals surface area contributed by atoms with Gasteiger partial charge < -0.3 is 4.90 Å². The van der Waals surface area contributed by atoms with Gasteiger partial charge in [0.1, 0.15) is 0 Å². The van der Waals surface area contributed by atoms with Crippen LogP contribution in [0.5, 0.6) is 0 Å². The second-order valence-electron chi connectivity index (χ2n) is 7.75. The Bertz CT molecular complexity index is 398. The summed E-state index contributed by atoms with van der Waals surface area (Å²) in [6.07, 6.45) is 12.2. The minimum Gasteiger partial charge on any atom is -0.342 e. The lowest BCUT2D eigenvalue weighted by atomic mass is 9.65. The SMILES string of the molecule is CC1CC2CC(=CC(C)(C(=O)N3CCCCCC3)C1)C2. The standard InChI is InChI=1S/C18H29NO/c1-14-9-15-10-16(11-15)13-18(2,12-14)17(20)19-7-5-3-4-6-8-19/h13-15H,3-12H2,1-2H3. The van der Waals surface area contributed by atoms with Crippen LogP contribution in [0, 0.1) is 17.3 Å². The first-order valence-corrected chi connectivity index (χ1v) is 8.57. The summed E-state index contributed by atoms with van der Waals surface area (Å²) in [4.78, 5) is 15.2. The summed E-state index contributed by atoms with van der Waals surface area (Å²) in [6.45, 7) is 6.50. The lowest BCUT2D eigenvalue weighted by molar-refractivity contribution is -0.139. The van der Waals surface area contributed by atoms with Crippen molar-refractivity contribution in [1.29, 1.82) is 0 Å². The molecule has 1 amide bonds. The highest BCUT2D eigenvalue weighted by molar-refractivity contribution is 5.84. The monoisotopic (exact) mass is 275 g/mol. The van der Waals surface area contributed by atoms with Crippen LogP contribution >= 0.6 is 0 Å². The number of hydrogen-bond acceptors (Lipinski definition) is 1. The van der Waals surface area contributed by atoms with E-state index < -0.39 is 0 Å². The van der Waals surface area contributed by atoms with E-state index in [4.69, 9.17) is 0 Å². The molecule has 3 aliphatic carbocycles. The van der Waals surface area contributed by atoms with Crippen molar-refractivity contribution in [3.8, 4) is 0 Å². The molecule has 1 heterocycles. The maximum atomic E-state index is 13.1. The van der Waals surface area contributed by atoms with Crippen molar-refractivity contribution in [1.82, 2.24) is 4.90 Å². The van der Waals surface area contributed by atoms with Crippen LogP contribution in [-0.2, 0) is 4.79 Å². The van der Waals surface area contributed by atoms with Crippen molar-refractivity contribution in [2.75, 3.05) is 13.1 Å². The Morgan fingerprint density at radius 1 is 1.20 bits per heavy atom. The van der Waals surface area contributed by atoms with E-state index in [-0.39, 0.29) is 5.41 Å². The average molecular weight is 275 g/mol. The van der Waals surface area contributed by atoms with Gasteiger partial charge in [-0.1, -0.05) is 31.4 Å². The number of allylic oxidation sites excluding steroid dienone is 1. The first kappa shape index (κ1) is 14.2. The summed E-state index contributed by atoms with van der Waals surface area (Å²) in [5.74, 6) is 2.00. The van der Waals surface area contributed by atoms with Gasteiger partial charge in [-0.05, 0) is 57.3 Å². The number of fused-ring (bicyclic) bond motifs is 4. The zero-order valence-corrected chi connectivity index (χ0v) is 13.2. The number of likely N-dealkylation sites (tertiary alicyclic amines) is 1. The predicted molar refractivity (Wildman–Crippen MR) is 82.4 cm³/mol. The van der Waals surface area contributed by atoms with Gasteiger partial charge in [-0.15, -0.1) is 0 Å². The molecule has 1 saturated carbocycles. The van der Waals surface area contributed by atoms with Crippen LogP contribution in [0.4, 0.5) is 0 Å². The van der Waals surface area contributed by atoms with Crippen LogP contribution in [-0.4, -0.2) is 23.9 Å². The van der Waals surface area contributed by atoms with Gasteiger partial charge in [0.25, 0.3) is 0 Å². The third kappa shape index (κ3) is 2.80. The number of rotatable bonds is 1. The normalized spacial score (nSPS) is 38.1. The van der Waals surface area contributed by atoms with Gasteiger partial charge in [-0.2, -0.15) is 0 Å². The fourth-order valence-corrected chi connectivity index (χ4v) is 4.64. The summed E-state index contributed by atoms with van der Waals surface area (Å²) >= 11 is 0. The molecule has 2 atom stereocenters. The molecule has 0 radical (unpaired) electrons. The van der Waals surface area contributed by atoms with E-state index in [1.165, 1.54) is 44.9 Å². The largest absolute Gasteiger partial charge is 0.342 e. The molecular formula is C18H29NO. The smallest absolute Gasteiger partial charge is 0.232 e. The van der Waals surface area contributed by atoms with Gasteiger partial charge in [-0.25, -0.2) is 0 Å². The maximum absolute atomic E-state index is 13.1. The zero-order valence-electron chi connectivity index (χ0n) is 13.2. The van der Waals surface area contributed by atoms with Crippen molar-refractivity contribution in [2.24, 2.45) is 17.3 Å². The van der Waals surface area contributed by atoms with E-state index in [0.29, 0.717) is 11.8 Å². The average Bonchev–Trinajstić information content (AvgIpc) is 2.61. The number of carbonyl (C=O) groups is 1. The molecule has 2 nitrogen and oxygen atoms in total. The maximum Gasteiger partial charge on any atom is 0.232 e. The molecule has 0 spiro atoms. The molecule has 20 heavy (non-hydrogen) atoms. The molecule has 2 bridgehead atoms. The summed E-state index contributed by atoms with van der Waals surface area (Å²) in [6, 6.07) is 0. The van der Waals surface area contributed by atoms with Gasteiger partial charge in [0.05, 0.1) is 5.41 Å². The summed E-state index contributed by atoms with van der Waals surface area (Å²) in [5.41, 5.74) is 1.32. The van der Waals surface area contributed by atoms with Crippen LogP contribution in [0.3, 0.4) is 0 Å². The van der Waals surface area contributed by atoms with Gasteiger partial charge in [0.15, 0.2) is 0 Å². The first-order valence-electron chi connectivity index (χ1n) is 8.57. The van der Waals surface area contributed by atoms with E-state index in [0.717, 1.165) is 25.4 Å². The lowest BCUT2D eigenvalue weighted by Crippen LogP contribution is -2.44. The lowest BCUT2D eigenvalue weighted by Gasteiger charge is -2.41. The molecule has 0 aromatic heterocycles. The Balaban J connectivity index is 1.79. The van der Waals surface area contributed by atoms with E-state index in [1.807, 2.05) is 0 Å². The third-order valence-corrected chi connectivity index (χ3v) is 5.51. The van der Waals surface area contributed by atoms with Crippen LogP contribution in [0.15, 0.2) is 11.6 Å². The van der Waals surface area contributed by atoms with E-state index >= 15 is 0 Å². The molecular weight excluding hydrogens is 246 g/mol. The molecule has 0 aromatic carbocycles. The molecule has 4 aliphatic rings. The van der Waals surface area contributed by atoms with Gasteiger partial charge in [0.2, 0.25) is 5.91 Å². The second kappa shape index (κ2) is 5.54. The minimum absolute atomic E-state index is 0.232. The molecule has 1 aliphatic heterocycles. The minimum atomic E-state index is -0.232. The highest BCUT2D eigenvalue weighted by Gasteiger charge is 2.40. The second-order valence-corrected chi connectivity index (χ2v) is 7.75. The Morgan fingerprint density at radius 2 is 1.85 bits per heavy atom. The van der Waals surface area contributed by atoms with Crippen molar-refractivity contribution in [3.63, 3.8) is 0 Å². The molecule has 0 N–H and O–H groups in total. The Hall–Kier alpha value is -0.790.